The highest BCUT2D eigenvalue weighted by Crippen LogP contribution is 2.68. The maximum absolute atomic E-state index is 11.3. The molecule has 0 aliphatic heterocycles. The third-order valence-electron chi connectivity index (χ3n) is 10.7. The quantitative estimate of drug-likeness (QED) is 0.280. The minimum Gasteiger partial charge on any atom is -0.481 e. The van der Waals surface area contributed by atoms with Gasteiger partial charge in [-0.1, -0.05) is 20.8 Å². The maximum atomic E-state index is 11.3. The van der Waals surface area contributed by atoms with Crippen molar-refractivity contribution in [2.45, 2.75) is 97.2 Å². The normalized spacial score (nSPS) is 45.2. The van der Waals surface area contributed by atoms with Crippen LogP contribution in [0.25, 0.3) is 0 Å². The Morgan fingerprint density at radius 1 is 1.06 bits per heavy atom. The van der Waals surface area contributed by atoms with E-state index in [9.17, 15) is 19.6 Å². The van der Waals surface area contributed by atoms with Crippen LogP contribution in [0.3, 0.4) is 0 Å². The molecule has 0 aromatic carbocycles. The summed E-state index contributed by atoms with van der Waals surface area (Å²) in [7, 11) is -4.61. The van der Waals surface area contributed by atoms with Gasteiger partial charge in [-0.05, 0) is 104 Å². The smallest absolute Gasteiger partial charge is 0.471 e. The Morgan fingerprint density at radius 2 is 1.74 bits per heavy atom. The molecule has 0 aromatic heterocycles. The summed E-state index contributed by atoms with van der Waals surface area (Å²) in [5, 5.41) is 19.6. The predicted molar refractivity (Wildman–Crippen MR) is 126 cm³/mol. The topological polar surface area (TPSA) is 134 Å². The third-order valence-corrected chi connectivity index (χ3v) is 11.1. The van der Waals surface area contributed by atoms with Gasteiger partial charge in [0.25, 0.3) is 0 Å². The predicted octanol–water partition coefficient (Wildman–Crippen LogP) is 4.57. The number of ether oxygens (including phenoxy) is 1. The first kappa shape index (κ1) is 26.6. The lowest BCUT2D eigenvalue weighted by molar-refractivity contribution is -0.202. The molecule has 0 radical (unpaired) electrons. The molecular formula is C25H43O8P. The third kappa shape index (κ3) is 5.01. The first-order valence-corrected chi connectivity index (χ1v) is 14.6. The second kappa shape index (κ2) is 9.75. The molecule has 0 aromatic rings. The van der Waals surface area contributed by atoms with Crippen LogP contribution in [-0.4, -0.2) is 45.0 Å². The summed E-state index contributed by atoms with van der Waals surface area (Å²) in [6.45, 7) is 6.57. The van der Waals surface area contributed by atoms with Crippen molar-refractivity contribution >= 4 is 13.8 Å². The summed E-state index contributed by atoms with van der Waals surface area (Å²) >= 11 is 0. The van der Waals surface area contributed by atoms with Crippen molar-refractivity contribution < 1.29 is 38.6 Å². The Labute approximate surface area is 203 Å². The Bertz CT molecular complexity index is 800. The van der Waals surface area contributed by atoms with Crippen molar-refractivity contribution in [3.05, 3.63) is 0 Å². The lowest BCUT2D eigenvalue weighted by atomic mass is 9.43. The Balaban J connectivity index is 1.59. The van der Waals surface area contributed by atoms with Crippen LogP contribution in [0, 0.1) is 46.3 Å². The van der Waals surface area contributed by atoms with Gasteiger partial charge in [-0.3, -0.25) is 9.32 Å². The second-order valence-electron chi connectivity index (χ2n) is 12.2. The molecule has 4 rings (SSSR count). The van der Waals surface area contributed by atoms with E-state index in [-0.39, 0.29) is 35.4 Å². The van der Waals surface area contributed by atoms with Crippen molar-refractivity contribution in [3.8, 4) is 0 Å². The fraction of sp³-hybridized carbons (Fsp3) is 0.960. The minimum atomic E-state index is -4.61. The van der Waals surface area contributed by atoms with Gasteiger partial charge in [-0.15, -0.1) is 0 Å². The van der Waals surface area contributed by atoms with Gasteiger partial charge in [0.1, 0.15) is 0 Å². The molecule has 0 heterocycles. The van der Waals surface area contributed by atoms with E-state index in [1.807, 2.05) is 0 Å². The van der Waals surface area contributed by atoms with Crippen LogP contribution < -0.4 is 0 Å². The Hall–Kier alpha value is -0.500. The average Bonchev–Trinajstić information content (AvgIpc) is 3.09. The molecular weight excluding hydrogens is 459 g/mol. The van der Waals surface area contributed by atoms with E-state index in [1.165, 1.54) is 0 Å². The molecule has 4 fully saturated rings. The summed E-state index contributed by atoms with van der Waals surface area (Å²) in [5.74, 6) is 1.58. The number of aliphatic hydroxyl groups is 1. The van der Waals surface area contributed by atoms with Gasteiger partial charge in [0.15, 0.2) is 6.79 Å². The zero-order valence-electron chi connectivity index (χ0n) is 20.8. The molecule has 0 saturated heterocycles. The van der Waals surface area contributed by atoms with Gasteiger partial charge in [0, 0.05) is 6.42 Å². The van der Waals surface area contributed by atoms with E-state index in [0.717, 1.165) is 51.4 Å². The molecule has 4 aliphatic rings. The van der Waals surface area contributed by atoms with Gasteiger partial charge in [-0.2, -0.15) is 0 Å². The van der Waals surface area contributed by atoms with Crippen LogP contribution in [0.1, 0.15) is 85.0 Å². The number of aliphatic hydroxyl groups excluding tert-OH is 1. The monoisotopic (exact) mass is 502 g/mol. The van der Waals surface area contributed by atoms with E-state index in [2.05, 4.69) is 25.3 Å². The van der Waals surface area contributed by atoms with E-state index in [0.29, 0.717) is 36.0 Å². The molecule has 9 heteroatoms. The molecule has 0 bridgehead atoms. The van der Waals surface area contributed by atoms with E-state index >= 15 is 0 Å². The largest absolute Gasteiger partial charge is 0.481 e. The zero-order chi connectivity index (χ0) is 24.9. The highest BCUT2D eigenvalue weighted by atomic mass is 31.2. The van der Waals surface area contributed by atoms with Gasteiger partial charge >= 0.3 is 13.8 Å². The molecule has 4 aliphatic carbocycles. The molecule has 0 spiro atoms. The van der Waals surface area contributed by atoms with Crippen molar-refractivity contribution in [1.82, 2.24) is 0 Å². The number of phosphoric acid groups is 1. The van der Waals surface area contributed by atoms with E-state index in [1.54, 1.807) is 0 Å². The van der Waals surface area contributed by atoms with Crippen LogP contribution in [-0.2, 0) is 18.6 Å². The van der Waals surface area contributed by atoms with Crippen molar-refractivity contribution in [2.75, 3.05) is 6.79 Å². The van der Waals surface area contributed by atoms with Crippen LogP contribution >= 0.6 is 7.82 Å². The SMILES string of the molecule is C[C@H](CCC(=O)O)[C@H]1CC[C@H]2[C@@H]3[C@@H](OCOP(=O)(O)O)C[C@@H]4C[C@H](O)CC[C@]4(C)[C@H]3CC[C@]12C. The number of carbonyl (C=O) groups is 1. The fourth-order valence-corrected chi connectivity index (χ4v) is 9.26. The fourth-order valence-electron chi connectivity index (χ4n) is 9.06. The maximum Gasteiger partial charge on any atom is 0.471 e. The van der Waals surface area contributed by atoms with Gasteiger partial charge < -0.3 is 24.7 Å². The van der Waals surface area contributed by atoms with Crippen LogP contribution in [0.2, 0.25) is 0 Å². The van der Waals surface area contributed by atoms with Crippen molar-refractivity contribution in [1.29, 1.82) is 0 Å². The zero-order valence-corrected chi connectivity index (χ0v) is 21.7. The molecule has 10 atom stereocenters. The molecule has 196 valence electrons. The number of phosphoric ester groups is 1. The number of hydrogen-bond donors (Lipinski definition) is 4. The Morgan fingerprint density at radius 3 is 2.41 bits per heavy atom. The Kier molecular flexibility index (Phi) is 7.62. The lowest BCUT2D eigenvalue weighted by Gasteiger charge is -2.63. The number of hydrogen-bond acceptors (Lipinski definition) is 5. The second-order valence-corrected chi connectivity index (χ2v) is 13.5. The van der Waals surface area contributed by atoms with Gasteiger partial charge in [0.2, 0.25) is 0 Å². The van der Waals surface area contributed by atoms with Crippen LogP contribution in [0.4, 0.5) is 0 Å². The highest BCUT2D eigenvalue weighted by Gasteiger charge is 2.63. The first-order valence-electron chi connectivity index (χ1n) is 13.1. The first-order chi connectivity index (χ1) is 15.8. The van der Waals surface area contributed by atoms with Crippen LogP contribution in [0.15, 0.2) is 0 Å². The highest BCUT2D eigenvalue weighted by molar-refractivity contribution is 7.46. The minimum absolute atomic E-state index is 0.113. The molecule has 4 N–H and O–H groups in total. The standard InChI is InChI=1S/C25H43O8P/c1-15(4-7-22(27)28)18-5-6-19-23-20(9-11-25(18,19)3)24(2)10-8-17(26)12-16(24)13-21(23)32-14-33-34(29,30)31/h15-21,23,26H,4-14H2,1-3H3,(H,27,28)(H2,29,30,31)/t15-,16+,17-,18-,19+,20+,21+,23+,24+,25-/m1/s1. The van der Waals surface area contributed by atoms with Gasteiger partial charge in [-0.25, -0.2) is 4.57 Å². The molecule has 34 heavy (non-hydrogen) atoms. The average molecular weight is 503 g/mol. The summed E-state index contributed by atoms with van der Waals surface area (Å²) < 4.78 is 22.1. The van der Waals surface area contributed by atoms with Gasteiger partial charge in [0.05, 0.1) is 12.2 Å². The van der Waals surface area contributed by atoms with E-state index < -0.39 is 20.6 Å². The number of aliphatic carboxylic acids is 1. The summed E-state index contributed by atoms with van der Waals surface area (Å²) in [6.07, 6.45) is 8.23. The summed E-state index contributed by atoms with van der Waals surface area (Å²) in [5.41, 5.74) is 0.254. The number of fused-ring (bicyclic) bond motifs is 5. The lowest BCUT2D eigenvalue weighted by Crippen LogP contribution is -2.59. The van der Waals surface area contributed by atoms with Crippen LogP contribution in [0.5, 0.6) is 0 Å². The number of carboxylic acid groups (broad SMARTS) is 1. The molecule has 0 unspecified atom stereocenters. The van der Waals surface area contributed by atoms with Crippen molar-refractivity contribution in [2.24, 2.45) is 46.3 Å². The molecule has 4 saturated carbocycles. The van der Waals surface area contributed by atoms with E-state index in [4.69, 9.17) is 14.5 Å². The number of carboxylic acids is 1. The molecule has 0 amide bonds. The summed E-state index contributed by atoms with van der Waals surface area (Å²) in [6, 6.07) is 0. The molecule has 8 nitrogen and oxygen atoms in total. The number of rotatable bonds is 8. The van der Waals surface area contributed by atoms with Crippen molar-refractivity contribution in [3.63, 3.8) is 0 Å². The summed E-state index contributed by atoms with van der Waals surface area (Å²) in [4.78, 5) is 29.5.